The number of carbonyl (C=O) groups excluding carboxylic acids is 1. The third kappa shape index (κ3) is 5.32. The minimum atomic E-state index is -3.90. The van der Waals surface area contributed by atoms with E-state index in [-0.39, 0.29) is 23.3 Å². The van der Waals surface area contributed by atoms with Gasteiger partial charge in [0.25, 0.3) is 0 Å². The van der Waals surface area contributed by atoms with Gasteiger partial charge in [0.15, 0.2) is 0 Å². The quantitative estimate of drug-likeness (QED) is 0.236. The van der Waals surface area contributed by atoms with Crippen molar-refractivity contribution in [2.75, 3.05) is 6.54 Å². The molecule has 4 aromatic carbocycles. The maximum Gasteiger partial charge on any atom is 0.241 e. The number of thiophene rings is 1. The van der Waals surface area contributed by atoms with E-state index in [9.17, 15) is 13.2 Å². The molecule has 202 valence electrons. The van der Waals surface area contributed by atoms with Crippen LogP contribution in [0.3, 0.4) is 0 Å². The molecule has 0 saturated heterocycles. The van der Waals surface area contributed by atoms with Crippen LogP contribution in [0.1, 0.15) is 45.6 Å². The Morgan fingerprint density at radius 2 is 1.65 bits per heavy atom. The molecule has 7 heteroatoms. The van der Waals surface area contributed by atoms with Crippen molar-refractivity contribution in [3.8, 4) is 0 Å². The number of hydrogen-bond donors (Lipinski definition) is 1. The van der Waals surface area contributed by atoms with Crippen LogP contribution in [0, 0.1) is 6.92 Å². The van der Waals surface area contributed by atoms with Gasteiger partial charge in [-0.25, -0.2) is 13.1 Å². The van der Waals surface area contributed by atoms with Crippen molar-refractivity contribution in [1.29, 1.82) is 0 Å². The lowest BCUT2D eigenvalue weighted by molar-refractivity contribution is -0.133. The van der Waals surface area contributed by atoms with Gasteiger partial charge >= 0.3 is 0 Å². The molecule has 1 aliphatic rings. The monoisotopic (exact) mass is 566 g/mol. The van der Waals surface area contributed by atoms with Crippen molar-refractivity contribution in [3.63, 3.8) is 0 Å². The Bertz CT molecular complexity index is 1760. The van der Waals surface area contributed by atoms with Crippen molar-refractivity contribution in [3.05, 3.63) is 136 Å². The second kappa shape index (κ2) is 11.0. The lowest BCUT2D eigenvalue weighted by Crippen LogP contribution is -2.42. The smallest absolute Gasteiger partial charge is 0.241 e. The SMILES string of the molecule is Cc1ccc(C2c3ccsc3CCN2C(=O)C[C@@H](NS(=O)(=O)c2ccc3ccccc3c2)c2ccccc2)cc1. The molecule has 40 heavy (non-hydrogen) atoms. The summed E-state index contributed by atoms with van der Waals surface area (Å²) in [5.41, 5.74) is 4.13. The van der Waals surface area contributed by atoms with Crippen LogP contribution in [0.5, 0.6) is 0 Å². The van der Waals surface area contributed by atoms with Crippen LogP contribution >= 0.6 is 11.3 Å². The first kappa shape index (κ1) is 26.4. The molecule has 2 heterocycles. The minimum Gasteiger partial charge on any atom is -0.331 e. The Morgan fingerprint density at radius 1 is 0.925 bits per heavy atom. The average molecular weight is 567 g/mol. The molecule has 0 aliphatic carbocycles. The van der Waals surface area contributed by atoms with Crippen LogP contribution in [0.25, 0.3) is 10.8 Å². The molecule has 0 bridgehead atoms. The fourth-order valence-electron chi connectivity index (χ4n) is 5.49. The Labute approximate surface area is 239 Å². The number of nitrogens with one attached hydrogen (secondary N) is 1. The Morgan fingerprint density at radius 3 is 2.42 bits per heavy atom. The Kier molecular flexibility index (Phi) is 7.27. The van der Waals surface area contributed by atoms with E-state index in [4.69, 9.17) is 0 Å². The first-order valence-electron chi connectivity index (χ1n) is 13.4. The molecular formula is C33H30N2O3S2. The molecule has 0 radical (unpaired) electrons. The van der Waals surface area contributed by atoms with Crippen LogP contribution < -0.4 is 4.72 Å². The lowest BCUT2D eigenvalue weighted by atomic mass is 9.92. The third-order valence-electron chi connectivity index (χ3n) is 7.59. The van der Waals surface area contributed by atoms with Gasteiger partial charge in [-0.15, -0.1) is 11.3 Å². The largest absolute Gasteiger partial charge is 0.331 e. The molecule has 5 aromatic rings. The zero-order valence-electron chi connectivity index (χ0n) is 22.2. The highest BCUT2D eigenvalue weighted by Gasteiger charge is 2.34. The van der Waals surface area contributed by atoms with Crippen molar-refractivity contribution in [2.45, 2.75) is 36.7 Å². The molecule has 6 rings (SSSR count). The van der Waals surface area contributed by atoms with Gasteiger partial charge in [-0.3, -0.25) is 4.79 Å². The molecule has 1 unspecified atom stereocenters. The summed E-state index contributed by atoms with van der Waals surface area (Å²) in [5.74, 6) is -0.0857. The highest BCUT2D eigenvalue weighted by molar-refractivity contribution is 7.89. The molecular weight excluding hydrogens is 537 g/mol. The highest BCUT2D eigenvalue weighted by Crippen LogP contribution is 2.39. The molecule has 0 saturated carbocycles. The molecule has 1 N–H and O–H groups in total. The zero-order valence-corrected chi connectivity index (χ0v) is 23.8. The number of amides is 1. The zero-order chi connectivity index (χ0) is 27.7. The van der Waals surface area contributed by atoms with E-state index in [1.807, 2.05) is 65.6 Å². The van der Waals surface area contributed by atoms with E-state index in [0.717, 1.165) is 39.4 Å². The molecule has 0 fully saturated rings. The van der Waals surface area contributed by atoms with Gasteiger partial charge in [0.2, 0.25) is 15.9 Å². The predicted molar refractivity (Wildman–Crippen MR) is 161 cm³/mol. The van der Waals surface area contributed by atoms with E-state index in [1.165, 1.54) is 4.88 Å². The number of aryl methyl sites for hydroxylation is 1. The fourth-order valence-corrected chi connectivity index (χ4v) is 7.65. The molecule has 5 nitrogen and oxygen atoms in total. The summed E-state index contributed by atoms with van der Waals surface area (Å²) in [4.78, 5) is 17.4. The van der Waals surface area contributed by atoms with Crippen LogP contribution in [-0.4, -0.2) is 25.8 Å². The summed E-state index contributed by atoms with van der Waals surface area (Å²) in [6, 6.07) is 31.6. The maximum atomic E-state index is 14.1. The molecule has 1 aromatic heterocycles. The number of benzene rings is 4. The number of fused-ring (bicyclic) bond motifs is 2. The first-order chi connectivity index (χ1) is 19.4. The van der Waals surface area contributed by atoms with E-state index in [0.29, 0.717) is 6.54 Å². The fraction of sp³-hybridized carbons (Fsp3) is 0.182. The summed E-state index contributed by atoms with van der Waals surface area (Å²) >= 11 is 1.73. The van der Waals surface area contributed by atoms with Crippen LogP contribution in [0.2, 0.25) is 0 Å². The molecule has 0 spiro atoms. The summed E-state index contributed by atoms with van der Waals surface area (Å²) in [7, 11) is -3.90. The number of hydrogen-bond acceptors (Lipinski definition) is 4. The van der Waals surface area contributed by atoms with Gasteiger partial charge in [-0.2, -0.15) is 0 Å². The average Bonchev–Trinajstić information content (AvgIpc) is 3.46. The standard InChI is InChI=1S/C33H30N2O3S2/c1-23-11-13-26(14-12-23)33-29-18-20-39-31(29)17-19-35(33)32(36)22-30(25-8-3-2-4-9-25)34-40(37,38)28-16-15-24-7-5-6-10-27(24)21-28/h2-16,18,20-21,30,33-34H,17,19,22H2,1H3/t30-,33?/m1/s1. The summed E-state index contributed by atoms with van der Waals surface area (Å²) in [5, 5.41) is 3.90. The van der Waals surface area contributed by atoms with Crippen LogP contribution in [0.4, 0.5) is 0 Å². The van der Waals surface area contributed by atoms with E-state index < -0.39 is 16.1 Å². The van der Waals surface area contributed by atoms with Crippen molar-refractivity contribution < 1.29 is 13.2 Å². The van der Waals surface area contributed by atoms with Crippen molar-refractivity contribution in [1.82, 2.24) is 9.62 Å². The Balaban J connectivity index is 1.32. The van der Waals surface area contributed by atoms with Gasteiger partial charge in [0.05, 0.1) is 17.0 Å². The van der Waals surface area contributed by atoms with Crippen LogP contribution in [0.15, 0.2) is 113 Å². The summed E-state index contributed by atoms with van der Waals surface area (Å²) < 4.78 is 30.1. The maximum absolute atomic E-state index is 14.1. The van der Waals surface area contributed by atoms with Gasteiger partial charge in [0, 0.05) is 17.8 Å². The number of nitrogens with zero attached hydrogens (tertiary/aromatic N) is 1. The minimum absolute atomic E-state index is 0.0126. The molecule has 1 aliphatic heterocycles. The summed E-state index contributed by atoms with van der Waals surface area (Å²) in [6.45, 7) is 2.64. The van der Waals surface area contributed by atoms with Gasteiger partial charge in [-0.1, -0.05) is 90.5 Å². The summed E-state index contributed by atoms with van der Waals surface area (Å²) in [6.07, 6.45) is 0.804. The van der Waals surface area contributed by atoms with E-state index in [2.05, 4.69) is 47.4 Å². The molecule has 1 amide bonds. The predicted octanol–water partition coefficient (Wildman–Crippen LogP) is 6.79. The van der Waals surface area contributed by atoms with Crippen molar-refractivity contribution in [2.24, 2.45) is 0 Å². The van der Waals surface area contributed by atoms with Crippen LogP contribution in [-0.2, 0) is 21.2 Å². The topological polar surface area (TPSA) is 66.5 Å². The van der Waals surface area contributed by atoms with E-state index >= 15 is 0 Å². The number of carbonyl (C=O) groups is 1. The second-order valence-corrected chi connectivity index (χ2v) is 13.0. The Hall–Kier alpha value is -3.78. The normalized spacial score (nSPS) is 16.0. The first-order valence-corrected chi connectivity index (χ1v) is 15.7. The second-order valence-electron chi connectivity index (χ2n) is 10.2. The van der Waals surface area contributed by atoms with E-state index in [1.54, 1.807) is 23.5 Å². The van der Waals surface area contributed by atoms with Gasteiger partial charge < -0.3 is 4.90 Å². The lowest BCUT2D eigenvalue weighted by Gasteiger charge is -2.37. The van der Waals surface area contributed by atoms with Gasteiger partial charge in [0.1, 0.15) is 0 Å². The number of rotatable bonds is 7. The highest BCUT2D eigenvalue weighted by atomic mass is 32.2. The number of sulfonamides is 1. The van der Waals surface area contributed by atoms with Crippen molar-refractivity contribution >= 4 is 38.0 Å². The third-order valence-corrected chi connectivity index (χ3v) is 10.1. The molecule has 2 atom stereocenters. The van der Waals surface area contributed by atoms with Gasteiger partial charge in [-0.05, 0) is 64.4 Å².